The predicted octanol–water partition coefficient (Wildman–Crippen LogP) is 16.6. The number of benzene rings is 8. The van der Waals surface area contributed by atoms with Crippen molar-refractivity contribution in [3.63, 3.8) is 0 Å². The van der Waals surface area contributed by atoms with Crippen molar-refractivity contribution in [1.82, 2.24) is 4.98 Å². The number of nitrogens with zero attached hydrogens (tertiary/aromatic N) is 3. The van der Waals surface area contributed by atoms with E-state index in [9.17, 15) is 0 Å². The number of oxazole rings is 1. The summed E-state index contributed by atoms with van der Waals surface area (Å²) in [6, 6.07) is 75.2. The summed E-state index contributed by atoms with van der Waals surface area (Å²) in [5.41, 5.74) is 12.6. The lowest BCUT2D eigenvalue weighted by Crippen LogP contribution is -2.09. The van der Waals surface area contributed by atoms with E-state index in [1.165, 1.54) is 0 Å². The molecule has 5 heteroatoms. The van der Waals surface area contributed by atoms with E-state index in [2.05, 4.69) is 209 Å². The molecule has 5 nitrogen and oxygen atoms in total. The zero-order chi connectivity index (χ0) is 43.5. The summed E-state index contributed by atoms with van der Waals surface area (Å²) in [5, 5.41) is 0. The van der Waals surface area contributed by atoms with Crippen LogP contribution in [0, 0.1) is 0 Å². The van der Waals surface area contributed by atoms with Crippen molar-refractivity contribution >= 4 is 57.8 Å². The summed E-state index contributed by atoms with van der Waals surface area (Å²) in [6.07, 6.45) is 10.0. The number of hydrogen-bond donors (Lipinski definition) is 0. The summed E-state index contributed by atoms with van der Waals surface area (Å²) < 4.78 is 12.8. The second kappa shape index (κ2) is 19.5. The van der Waals surface area contributed by atoms with Crippen molar-refractivity contribution in [2.75, 3.05) is 9.80 Å². The van der Waals surface area contributed by atoms with Gasteiger partial charge in [0.1, 0.15) is 11.5 Å². The predicted molar refractivity (Wildman–Crippen MR) is 267 cm³/mol. The van der Waals surface area contributed by atoms with Crippen molar-refractivity contribution in [3.8, 4) is 22.8 Å². The highest BCUT2D eigenvalue weighted by Gasteiger charge is 2.16. The number of ether oxygens (including phenoxy) is 1. The fraction of sp³-hybridized carbons (Fsp3) is 0.0339. The van der Waals surface area contributed by atoms with Crippen LogP contribution in [0.15, 0.2) is 241 Å². The second-order valence-corrected chi connectivity index (χ2v) is 15.1. The summed E-state index contributed by atoms with van der Waals surface area (Å²) >= 11 is 0. The van der Waals surface area contributed by atoms with Crippen LogP contribution in [0.5, 0.6) is 0 Å². The van der Waals surface area contributed by atoms with Gasteiger partial charge in [0.15, 0.2) is 5.76 Å². The zero-order valence-corrected chi connectivity index (χ0v) is 35.8. The molecule has 0 aliphatic heterocycles. The lowest BCUT2D eigenvalue weighted by atomic mass is 10.1. The fourth-order valence-electron chi connectivity index (χ4n) is 7.67. The van der Waals surface area contributed by atoms with E-state index in [1.54, 1.807) is 6.20 Å². The van der Waals surface area contributed by atoms with Crippen molar-refractivity contribution in [3.05, 3.63) is 259 Å². The molecule has 0 aliphatic rings. The molecule has 0 spiro atoms. The van der Waals surface area contributed by atoms with E-state index >= 15 is 0 Å². The highest BCUT2D eigenvalue weighted by Crippen LogP contribution is 2.37. The molecular formula is C59H47N3O2. The molecule has 0 saturated carbocycles. The number of aromatic nitrogens is 1. The molecule has 0 N–H and O–H groups in total. The van der Waals surface area contributed by atoms with Gasteiger partial charge in [0.05, 0.1) is 6.20 Å². The Morgan fingerprint density at radius 1 is 0.406 bits per heavy atom. The largest absolute Gasteiger partial charge is 0.457 e. The lowest BCUT2D eigenvalue weighted by Gasteiger charge is -2.25. The molecule has 310 valence electrons. The molecule has 0 amide bonds. The van der Waals surface area contributed by atoms with Crippen LogP contribution in [0.3, 0.4) is 0 Å². The molecule has 0 aliphatic carbocycles. The van der Waals surface area contributed by atoms with E-state index in [4.69, 9.17) is 9.15 Å². The Hall–Kier alpha value is -8.41. The lowest BCUT2D eigenvalue weighted by molar-refractivity contribution is 0.469. The standard InChI is InChI=1S/C59H47N3O2/c1-3-56(63-57(4-2)47-35-39-54(40-36-47)61(50-17-9-5-10-18-50)51-19-11-6-12-20-51)46-31-27-44(28-32-46)25-26-45-29-33-49(34-30-45)59-60-43-58(64-59)48-37-41-55(42-38-48)62(52-21-13-7-14-22-52)53-23-15-8-16-24-53/h3-43H,1-2H3/b26-25-,56-3+,57-4-. The van der Waals surface area contributed by atoms with Gasteiger partial charge in [-0.05, 0) is 146 Å². The molecule has 0 saturated heterocycles. The molecule has 64 heavy (non-hydrogen) atoms. The van der Waals surface area contributed by atoms with Crippen LogP contribution in [0.4, 0.5) is 34.1 Å². The minimum Gasteiger partial charge on any atom is -0.457 e. The van der Waals surface area contributed by atoms with Gasteiger partial charge >= 0.3 is 0 Å². The van der Waals surface area contributed by atoms with Crippen molar-refractivity contribution in [1.29, 1.82) is 0 Å². The maximum atomic E-state index is 6.55. The second-order valence-electron chi connectivity index (χ2n) is 15.1. The van der Waals surface area contributed by atoms with Gasteiger partial charge in [-0.2, -0.15) is 0 Å². The van der Waals surface area contributed by atoms with Gasteiger partial charge in [-0.25, -0.2) is 4.98 Å². The van der Waals surface area contributed by atoms with Crippen LogP contribution in [-0.4, -0.2) is 4.98 Å². The van der Waals surface area contributed by atoms with Gasteiger partial charge in [-0.15, -0.1) is 0 Å². The van der Waals surface area contributed by atoms with Crippen LogP contribution in [0.1, 0.15) is 36.1 Å². The molecular weight excluding hydrogens is 783 g/mol. The Kier molecular flexibility index (Phi) is 12.5. The van der Waals surface area contributed by atoms with E-state index in [-0.39, 0.29) is 0 Å². The Bertz CT molecular complexity index is 2900. The summed E-state index contributed by atoms with van der Waals surface area (Å²) in [4.78, 5) is 9.12. The number of anilines is 6. The number of para-hydroxylation sites is 4. The summed E-state index contributed by atoms with van der Waals surface area (Å²) in [6.45, 7) is 4.01. The normalized spacial score (nSPS) is 11.7. The molecule has 0 fully saturated rings. The maximum Gasteiger partial charge on any atom is 0.226 e. The molecule has 0 atom stereocenters. The topological polar surface area (TPSA) is 41.7 Å². The van der Waals surface area contributed by atoms with Gasteiger partial charge in [-0.1, -0.05) is 121 Å². The Labute approximate surface area is 375 Å². The van der Waals surface area contributed by atoms with Crippen molar-refractivity contribution in [2.45, 2.75) is 13.8 Å². The Balaban J connectivity index is 0.829. The van der Waals surface area contributed by atoms with Crippen molar-refractivity contribution < 1.29 is 9.15 Å². The highest BCUT2D eigenvalue weighted by molar-refractivity contribution is 5.80. The van der Waals surface area contributed by atoms with Crippen LogP contribution in [0.2, 0.25) is 0 Å². The first-order valence-electron chi connectivity index (χ1n) is 21.5. The number of hydrogen-bond acceptors (Lipinski definition) is 5. The molecule has 9 aromatic rings. The fourth-order valence-corrected chi connectivity index (χ4v) is 7.67. The number of rotatable bonds is 14. The third-order valence-electron chi connectivity index (χ3n) is 10.9. The average molecular weight is 830 g/mol. The Morgan fingerprint density at radius 3 is 1.16 bits per heavy atom. The molecule has 9 rings (SSSR count). The van der Waals surface area contributed by atoms with Crippen molar-refractivity contribution in [2.24, 2.45) is 0 Å². The SMILES string of the molecule is C/C=C(\O/C(=C/C)c1ccc(/C=C\c2ccc(-c3ncc(-c4ccc(N(c5ccccc5)c5ccccc5)cc4)o3)cc2)cc1)c1ccc(N(c2ccccc2)c2ccccc2)cc1. The quantitative estimate of drug-likeness (QED) is 0.0807. The van der Waals surface area contributed by atoms with Gasteiger partial charge in [0.25, 0.3) is 0 Å². The van der Waals surface area contributed by atoms with Crippen LogP contribution >= 0.6 is 0 Å². The highest BCUT2D eigenvalue weighted by atomic mass is 16.5. The van der Waals surface area contributed by atoms with Gasteiger partial charge in [-0.3, -0.25) is 0 Å². The third kappa shape index (κ3) is 9.40. The smallest absolute Gasteiger partial charge is 0.226 e. The Morgan fingerprint density at radius 2 is 0.750 bits per heavy atom. The monoisotopic (exact) mass is 829 g/mol. The molecule has 0 unspecified atom stereocenters. The first-order valence-corrected chi connectivity index (χ1v) is 21.5. The molecule has 8 aromatic carbocycles. The van der Waals surface area contributed by atoms with E-state index in [0.29, 0.717) is 5.89 Å². The van der Waals surface area contributed by atoms with E-state index < -0.39 is 0 Å². The summed E-state index contributed by atoms with van der Waals surface area (Å²) in [7, 11) is 0. The molecule has 0 bridgehead atoms. The van der Waals surface area contributed by atoms with Gasteiger partial charge < -0.3 is 19.0 Å². The molecule has 1 heterocycles. The first kappa shape index (κ1) is 41.0. The minimum absolute atomic E-state index is 0.582. The van der Waals surface area contributed by atoms with Gasteiger partial charge in [0, 0.05) is 56.4 Å². The third-order valence-corrected chi connectivity index (χ3v) is 10.9. The van der Waals surface area contributed by atoms with Crippen LogP contribution < -0.4 is 9.80 Å². The minimum atomic E-state index is 0.582. The molecule has 0 radical (unpaired) electrons. The van der Waals surface area contributed by atoms with Gasteiger partial charge in [0.2, 0.25) is 5.89 Å². The average Bonchev–Trinajstić information content (AvgIpc) is 3.87. The number of allylic oxidation sites excluding steroid dienone is 2. The first-order chi connectivity index (χ1) is 31.6. The van der Waals surface area contributed by atoms with E-state index in [1.807, 2.05) is 62.4 Å². The molecule has 1 aromatic heterocycles. The zero-order valence-electron chi connectivity index (χ0n) is 35.8. The summed E-state index contributed by atoms with van der Waals surface area (Å²) in [5.74, 6) is 2.89. The van der Waals surface area contributed by atoms with Crippen LogP contribution in [0.25, 0.3) is 46.4 Å². The maximum absolute atomic E-state index is 6.55. The van der Waals surface area contributed by atoms with Crippen LogP contribution in [-0.2, 0) is 4.74 Å². The van der Waals surface area contributed by atoms with E-state index in [0.717, 1.165) is 84.8 Å².